The van der Waals surface area contributed by atoms with Gasteiger partial charge in [-0.05, 0) is 25.0 Å². The summed E-state index contributed by atoms with van der Waals surface area (Å²) in [6, 6.07) is 3.67. The number of rotatable bonds is 3. The zero-order valence-corrected chi connectivity index (χ0v) is 10.1. The van der Waals surface area contributed by atoms with Gasteiger partial charge in [0.15, 0.2) is 0 Å². The minimum absolute atomic E-state index is 0.184. The number of aromatic hydroxyl groups is 1. The van der Waals surface area contributed by atoms with Crippen LogP contribution in [-0.4, -0.2) is 27.0 Å². The fourth-order valence-corrected chi connectivity index (χ4v) is 1.91. The number of aliphatic hydroxyl groups excluding tert-OH is 1. The molecule has 0 unspecified atom stereocenters. The number of hydrogen-bond donors (Lipinski definition) is 3. The fourth-order valence-electron chi connectivity index (χ4n) is 1.91. The Bertz CT molecular complexity index is 420. The molecule has 0 amide bonds. The summed E-state index contributed by atoms with van der Waals surface area (Å²) in [6.07, 6.45) is -0.684. The van der Waals surface area contributed by atoms with E-state index in [1.54, 1.807) is 19.9 Å². The molecule has 4 nitrogen and oxygen atoms in total. The van der Waals surface area contributed by atoms with E-state index in [1.165, 1.54) is 0 Å². The summed E-state index contributed by atoms with van der Waals surface area (Å²) < 4.78 is 5.25. The molecular weight excluding hydrogens is 220 g/mol. The maximum absolute atomic E-state index is 10.1. The predicted octanol–water partition coefficient (Wildman–Crippen LogP) is 1.10. The van der Waals surface area contributed by atoms with E-state index in [9.17, 15) is 15.3 Å². The lowest BCUT2D eigenvalue weighted by atomic mass is 9.93. The van der Waals surface area contributed by atoms with Crippen molar-refractivity contribution in [2.75, 3.05) is 0 Å². The smallest absolute Gasteiger partial charge is 0.124 e. The van der Waals surface area contributed by atoms with Crippen molar-refractivity contribution in [1.82, 2.24) is 0 Å². The van der Waals surface area contributed by atoms with Gasteiger partial charge in [-0.15, -0.1) is 0 Å². The maximum atomic E-state index is 10.1. The van der Waals surface area contributed by atoms with Crippen molar-refractivity contribution >= 4 is 0 Å². The number of fused-ring (bicyclic) bond motifs is 1. The zero-order chi connectivity index (χ0) is 12.6. The Hall–Kier alpha value is -1.10. The third-order valence-electron chi connectivity index (χ3n) is 3.20. The molecule has 1 atom stereocenters. The summed E-state index contributed by atoms with van der Waals surface area (Å²) >= 11 is 0. The van der Waals surface area contributed by atoms with E-state index in [-0.39, 0.29) is 12.2 Å². The molecule has 4 heteroatoms. The highest BCUT2D eigenvalue weighted by Gasteiger charge is 2.27. The summed E-state index contributed by atoms with van der Waals surface area (Å²) in [6.45, 7) is 4.03. The average Bonchev–Trinajstić information content (AvgIpc) is 2.69. The molecule has 0 radical (unpaired) electrons. The second kappa shape index (κ2) is 4.29. The molecule has 1 aliphatic rings. The van der Waals surface area contributed by atoms with Crippen molar-refractivity contribution in [3.05, 3.63) is 28.8 Å². The summed E-state index contributed by atoms with van der Waals surface area (Å²) in [5, 5.41) is 29.5. The molecule has 0 aromatic heterocycles. The molecule has 1 aromatic carbocycles. The molecule has 0 saturated heterocycles. The molecule has 1 aromatic rings. The Balaban J connectivity index is 2.23. The van der Waals surface area contributed by atoms with Gasteiger partial charge in [-0.25, -0.2) is 0 Å². The normalized spacial score (nSPS) is 16.9. The first-order valence-corrected chi connectivity index (χ1v) is 5.70. The van der Waals surface area contributed by atoms with Crippen molar-refractivity contribution in [2.24, 2.45) is 0 Å². The van der Waals surface area contributed by atoms with Crippen LogP contribution in [0.2, 0.25) is 0 Å². The molecular formula is C13H18O4. The van der Waals surface area contributed by atoms with Crippen LogP contribution >= 0.6 is 0 Å². The largest absolute Gasteiger partial charge is 0.507 e. The molecule has 2 rings (SSSR count). The molecule has 0 saturated carbocycles. The monoisotopic (exact) mass is 238 g/mol. The van der Waals surface area contributed by atoms with Gasteiger partial charge in [0.2, 0.25) is 0 Å². The standard InChI is InChI=1S/C13H18O4/c1-13(2,16)11(14)5-8-3-4-9-6-17-7-10(9)12(8)15/h3-4,11,14-16H,5-7H2,1-2H3/t11-/m0/s1. The van der Waals surface area contributed by atoms with Crippen molar-refractivity contribution in [2.45, 2.75) is 45.2 Å². The Morgan fingerprint density at radius 3 is 2.71 bits per heavy atom. The lowest BCUT2D eigenvalue weighted by Gasteiger charge is -2.25. The van der Waals surface area contributed by atoms with E-state index in [4.69, 9.17) is 4.74 Å². The van der Waals surface area contributed by atoms with Gasteiger partial charge < -0.3 is 20.1 Å². The van der Waals surface area contributed by atoms with Crippen LogP contribution in [0.1, 0.15) is 30.5 Å². The van der Waals surface area contributed by atoms with E-state index >= 15 is 0 Å². The summed E-state index contributed by atoms with van der Waals surface area (Å²) in [5.41, 5.74) is 1.25. The molecule has 0 aliphatic carbocycles. The van der Waals surface area contributed by atoms with Crippen molar-refractivity contribution in [3.63, 3.8) is 0 Å². The number of benzene rings is 1. The SMILES string of the molecule is CC(C)(O)[C@@H](O)Cc1ccc2c(c1O)COC2. The average molecular weight is 238 g/mol. The zero-order valence-electron chi connectivity index (χ0n) is 10.1. The number of ether oxygens (including phenoxy) is 1. The van der Waals surface area contributed by atoms with E-state index < -0.39 is 11.7 Å². The maximum Gasteiger partial charge on any atom is 0.124 e. The van der Waals surface area contributed by atoms with Crippen LogP contribution < -0.4 is 0 Å². The van der Waals surface area contributed by atoms with E-state index in [0.29, 0.717) is 18.8 Å². The quantitative estimate of drug-likeness (QED) is 0.737. The Labute approximate surface area is 100 Å². The van der Waals surface area contributed by atoms with E-state index in [0.717, 1.165) is 11.1 Å². The van der Waals surface area contributed by atoms with E-state index in [2.05, 4.69) is 0 Å². The number of hydrogen-bond acceptors (Lipinski definition) is 4. The summed E-state index contributed by atoms with van der Waals surface area (Å²) in [4.78, 5) is 0. The van der Waals surface area contributed by atoms with Crippen molar-refractivity contribution in [1.29, 1.82) is 0 Å². The lowest BCUT2D eigenvalue weighted by Crippen LogP contribution is -2.37. The Kier molecular flexibility index (Phi) is 3.12. The first-order valence-electron chi connectivity index (χ1n) is 5.70. The van der Waals surface area contributed by atoms with Crippen LogP contribution in [0.3, 0.4) is 0 Å². The predicted molar refractivity (Wildman–Crippen MR) is 62.6 cm³/mol. The Morgan fingerprint density at radius 2 is 2.06 bits per heavy atom. The number of phenolic OH excluding ortho intramolecular Hbond substituents is 1. The molecule has 0 spiro atoms. The van der Waals surface area contributed by atoms with Crippen LogP contribution in [-0.2, 0) is 24.4 Å². The van der Waals surface area contributed by atoms with Gasteiger partial charge in [-0.2, -0.15) is 0 Å². The Morgan fingerprint density at radius 1 is 1.35 bits per heavy atom. The minimum Gasteiger partial charge on any atom is -0.507 e. The molecule has 1 aliphatic heterocycles. The fraction of sp³-hybridized carbons (Fsp3) is 0.538. The lowest BCUT2D eigenvalue weighted by molar-refractivity contribution is -0.0471. The first-order chi connectivity index (χ1) is 7.89. The van der Waals surface area contributed by atoms with Gasteiger partial charge in [0, 0.05) is 12.0 Å². The second-order valence-corrected chi connectivity index (χ2v) is 5.08. The number of aliphatic hydroxyl groups is 2. The topological polar surface area (TPSA) is 69.9 Å². The highest BCUT2D eigenvalue weighted by molar-refractivity contribution is 5.46. The van der Waals surface area contributed by atoms with Gasteiger partial charge in [0.25, 0.3) is 0 Å². The van der Waals surface area contributed by atoms with Crippen molar-refractivity contribution in [3.8, 4) is 5.75 Å². The molecule has 0 bridgehead atoms. The van der Waals surface area contributed by atoms with Crippen LogP contribution in [0.4, 0.5) is 0 Å². The highest BCUT2D eigenvalue weighted by Crippen LogP contribution is 2.32. The van der Waals surface area contributed by atoms with Gasteiger partial charge in [-0.1, -0.05) is 12.1 Å². The van der Waals surface area contributed by atoms with Crippen LogP contribution in [0.25, 0.3) is 0 Å². The van der Waals surface area contributed by atoms with Crippen LogP contribution in [0.5, 0.6) is 5.75 Å². The molecule has 94 valence electrons. The highest BCUT2D eigenvalue weighted by atomic mass is 16.5. The molecule has 17 heavy (non-hydrogen) atoms. The van der Waals surface area contributed by atoms with E-state index in [1.807, 2.05) is 6.07 Å². The minimum atomic E-state index is -1.18. The molecule has 1 heterocycles. The van der Waals surface area contributed by atoms with Gasteiger partial charge in [-0.3, -0.25) is 0 Å². The first kappa shape index (κ1) is 12.4. The summed E-state index contributed by atoms with van der Waals surface area (Å²) in [5.74, 6) is 0.184. The second-order valence-electron chi connectivity index (χ2n) is 5.08. The molecule has 3 N–H and O–H groups in total. The number of phenols is 1. The van der Waals surface area contributed by atoms with Gasteiger partial charge >= 0.3 is 0 Å². The van der Waals surface area contributed by atoms with Gasteiger partial charge in [0.1, 0.15) is 5.75 Å². The summed E-state index contributed by atoms with van der Waals surface area (Å²) in [7, 11) is 0. The third-order valence-corrected chi connectivity index (χ3v) is 3.20. The van der Waals surface area contributed by atoms with Gasteiger partial charge in [0.05, 0.1) is 24.9 Å². The van der Waals surface area contributed by atoms with Crippen LogP contribution in [0, 0.1) is 0 Å². The van der Waals surface area contributed by atoms with Crippen molar-refractivity contribution < 1.29 is 20.1 Å². The third kappa shape index (κ3) is 2.44. The van der Waals surface area contributed by atoms with Crippen LogP contribution in [0.15, 0.2) is 12.1 Å². The molecule has 0 fully saturated rings.